The van der Waals surface area contributed by atoms with E-state index in [1.807, 2.05) is 32.2 Å². The third-order valence-corrected chi connectivity index (χ3v) is 5.69. The van der Waals surface area contributed by atoms with E-state index in [-0.39, 0.29) is 4.90 Å². The van der Waals surface area contributed by atoms with Gasteiger partial charge in [0, 0.05) is 43.5 Å². The van der Waals surface area contributed by atoms with Crippen LogP contribution in [-0.2, 0) is 26.2 Å². The van der Waals surface area contributed by atoms with Gasteiger partial charge in [-0.25, -0.2) is 22.0 Å². The first-order valence-electron chi connectivity index (χ1n) is 9.24. The van der Waals surface area contributed by atoms with Crippen LogP contribution in [0.4, 0.5) is 0 Å². The van der Waals surface area contributed by atoms with E-state index in [1.54, 1.807) is 24.7 Å². The summed E-state index contributed by atoms with van der Waals surface area (Å²) in [5, 5.41) is 18.7. The van der Waals surface area contributed by atoms with E-state index in [9.17, 15) is 18.0 Å². The van der Waals surface area contributed by atoms with Crippen molar-refractivity contribution in [2.45, 2.75) is 18.4 Å². The minimum absolute atomic E-state index is 0.145. The fourth-order valence-corrected chi connectivity index (χ4v) is 4.02. The maximum absolute atomic E-state index is 13.0. The van der Waals surface area contributed by atoms with E-state index in [1.165, 1.54) is 16.2 Å². The molecule has 3 heterocycles. The van der Waals surface area contributed by atoms with Crippen molar-refractivity contribution in [2.75, 3.05) is 7.05 Å². The van der Waals surface area contributed by atoms with Crippen molar-refractivity contribution in [3.8, 4) is 11.4 Å². The second-order valence-electron chi connectivity index (χ2n) is 6.43. The lowest BCUT2D eigenvalue weighted by Crippen LogP contribution is -2.14. The summed E-state index contributed by atoms with van der Waals surface area (Å²) < 4.78 is 27.3. The van der Waals surface area contributed by atoms with Gasteiger partial charge in [0.2, 0.25) is 0 Å². The van der Waals surface area contributed by atoms with E-state index in [4.69, 9.17) is 10.2 Å². The zero-order valence-corrected chi connectivity index (χ0v) is 18.2. The number of aromatic nitrogens is 3. The molecule has 0 amide bonds. The summed E-state index contributed by atoms with van der Waals surface area (Å²) in [6.45, 7) is 2.47. The van der Waals surface area contributed by atoms with Crippen LogP contribution in [0.2, 0.25) is 0 Å². The standard InChI is InChI=1S/C17H18N4O2S.C4H4O4/c1-13-5-3-8-20-17(13)16-9-14(10-18-2)12-21(16)24(22,23)15-6-4-7-19-11-15;5-3(6)1-2-4(7)8/h3-9,11-12,18H,10H2,1-2H3;1-2H,(H,5,6)(H,7,8). The summed E-state index contributed by atoms with van der Waals surface area (Å²) in [7, 11) is -1.93. The van der Waals surface area contributed by atoms with Gasteiger partial charge in [-0.15, -0.1) is 0 Å². The number of aryl methyl sites for hydroxylation is 1. The quantitative estimate of drug-likeness (QED) is 0.451. The summed E-state index contributed by atoms with van der Waals surface area (Å²) in [4.78, 5) is 27.5. The highest BCUT2D eigenvalue weighted by Crippen LogP contribution is 2.27. The van der Waals surface area contributed by atoms with Gasteiger partial charge in [0.05, 0.1) is 11.4 Å². The van der Waals surface area contributed by atoms with Gasteiger partial charge in [0.25, 0.3) is 10.0 Å². The first-order valence-corrected chi connectivity index (χ1v) is 10.7. The van der Waals surface area contributed by atoms with Crippen molar-refractivity contribution in [1.82, 2.24) is 19.3 Å². The molecular weight excluding hydrogens is 436 g/mol. The summed E-state index contributed by atoms with van der Waals surface area (Å²) in [5.74, 6) is -2.51. The van der Waals surface area contributed by atoms with Gasteiger partial charge >= 0.3 is 11.9 Å². The molecule has 3 N–H and O–H groups in total. The number of rotatable bonds is 7. The number of carbonyl (C=O) groups is 2. The molecule has 3 aromatic heterocycles. The van der Waals surface area contributed by atoms with Crippen LogP contribution >= 0.6 is 0 Å². The number of nitrogens with zero attached hydrogens (tertiary/aromatic N) is 3. The number of aliphatic carboxylic acids is 2. The molecule has 168 valence electrons. The lowest BCUT2D eigenvalue weighted by Gasteiger charge is -2.11. The van der Waals surface area contributed by atoms with Crippen molar-refractivity contribution >= 4 is 22.0 Å². The molecule has 0 aromatic carbocycles. The predicted molar refractivity (Wildman–Crippen MR) is 116 cm³/mol. The van der Waals surface area contributed by atoms with E-state index in [2.05, 4.69) is 15.3 Å². The SMILES string of the molecule is CNCc1cc(-c2ncccc2C)n(S(=O)(=O)c2cccnc2)c1.O=C(O)C=CC(=O)O. The largest absolute Gasteiger partial charge is 0.478 e. The van der Waals surface area contributed by atoms with Crippen molar-refractivity contribution in [2.24, 2.45) is 0 Å². The fraction of sp³-hybridized carbons (Fsp3) is 0.143. The van der Waals surface area contributed by atoms with Crippen LogP contribution in [0.5, 0.6) is 0 Å². The lowest BCUT2D eigenvalue weighted by molar-refractivity contribution is -0.134. The van der Waals surface area contributed by atoms with Crippen LogP contribution in [-0.4, -0.2) is 51.6 Å². The molecule has 0 aliphatic carbocycles. The molecule has 0 radical (unpaired) electrons. The normalized spacial score (nSPS) is 11.1. The molecular formula is C21H22N4O6S. The zero-order chi connectivity index (χ0) is 23.7. The molecule has 10 nitrogen and oxygen atoms in total. The highest BCUT2D eigenvalue weighted by Gasteiger charge is 2.23. The first-order chi connectivity index (χ1) is 15.2. The number of nitrogens with one attached hydrogen (secondary N) is 1. The highest BCUT2D eigenvalue weighted by molar-refractivity contribution is 7.90. The molecule has 0 aliphatic heterocycles. The first kappa shape index (κ1) is 24.4. The Hall–Kier alpha value is -3.83. The van der Waals surface area contributed by atoms with Gasteiger partial charge in [-0.2, -0.15) is 0 Å². The summed E-state index contributed by atoms with van der Waals surface area (Å²) in [5.41, 5.74) is 2.97. The Labute approximate surface area is 184 Å². The monoisotopic (exact) mass is 458 g/mol. The Morgan fingerprint density at radius 1 is 1.12 bits per heavy atom. The van der Waals surface area contributed by atoms with E-state index in [0.717, 1.165) is 11.1 Å². The molecule has 0 saturated carbocycles. The van der Waals surface area contributed by atoms with Crippen molar-refractivity contribution < 1.29 is 28.2 Å². The summed E-state index contributed by atoms with van der Waals surface area (Å²) in [6.07, 6.45) is 7.30. The molecule has 3 aromatic rings. The third kappa shape index (κ3) is 6.33. The van der Waals surface area contributed by atoms with Crippen LogP contribution in [0.3, 0.4) is 0 Å². The van der Waals surface area contributed by atoms with E-state index in [0.29, 0.717) is 30.1 Å². The van der Waals surface area contributed by atoms with Gasteiger partial charge in [0.15, 0.2) is 0 Å². The van der Waals surface area contributed by atoms with Crippen molar-refractivity contribution in [1.29, 1.82) is 0 Å². The third-order valence-electron chi connectivity index (χ3n) is 4.04. The van der Waals surface area contributed by atoms with Gasteiger partial charge in [0.1, 0.15) is 4.90 Å². The highest BCUT2D eigenvalue weighted by atomic mass is 32.2. The second kappa shape index (κ2) is 11.0. The van der Waals surface area contributed by atoms with Gasteiger partial charge in [-0.1, -0.05) is 6.07 Å². The van der Waals surface area contributed by atoms with Crippen LogP contribution in [0.15, 0.2) is 72.2 Å². The predicted octanol–water partition coefficient (Wildman–Crippen LogP) is 1.92. The minimum Gasteiger partial charge on any atom is -0.478 e. The molecule has 0 atom stereocenters. The number of carboxylic acids is 2. The molecule has 3 rings (SSSR count). The van der Waals surface area contributed by atoms with Crippen LogP contribution in [0.1, 0.15) is 11.1 Å². The Balaban J connectivity index is 0.000000390. The van der Waals surface area contributed by atoms with E-state index < -0.39 is 22.0 Å². The number of carboxylic acid groups (broad SMARTS) is 2. The Kier molecular flexibility index (Phi) is 8.38. The maximum Gasteiger partial charge on any atom is 0.328 e. The smallest absolute Gasteiger partial charge is 0.328 e. The Morgan fingerprint density at radius 3 is 2.31 bits per heavy atom. The number of pyridine rings is 2. The van der Waals surface area contributed by atoms with Crippen LogP contribution in [0, 0.1) is 6.92 Å². The lowest BCUT2D eigenvalue weighted by atomic mass is 10.1. The molecule has 0 unspecified atom stereocenters. The number of hydrogen-bond acceptors (Lipinski definition) is 7. The van der Waals surface area contributed by atoms with Gasteiger partial charge in [-0.3, -0.25) is 9.97 Å². The van der Waals surface area contributed by atoms with Crippen LogP contribution in [0.25, 0.3) is 11.4 Å². The summed E-state index contributed by atoms with van der Waals surface area (Å²) in [6, 6.07) is 8.73. The topological polar surface area (TPSA) is 151 Å². The average Bonchev–Trinajstić information content (AvgIpc) is 3.18. The molecule has 0 fully saturated rings. The second-order valence-corrected chi connectivity index (χ2v) is 8.25. The Morgan fingerprint density at radius 2 is 1.78 bits per heavy atom. The fourth-order valence-electron chi connectivity index (χ4n) is 2.68. The van der Waals surface area contributed by atoms with Gasteiger partial charge < -0.3 is 15.5 Å². The van der Waals surface area contributed by atoms with Gasteiger partial charge in [-0.05, 0) is 49.4 Å². The molecule has 0 aliphatic rings. The molecule has 32 heavy (non-hydrogen) atoms. The van der Waals surface area contributed by atoms with Crippen molar-refractivity contribution in [3.05, 3.63) is 78.4 Å². The average molecular weight is 458 g/mol. The molecule has 0 spiro atoms. The van der Waals surface area contributed by atoms with Crippen LogP contribution < -0.4 is 5.32 Å². The van der Waals surface area contributed by atoms with Crippen molar-refractivity contribution in [3.63, 3.8) is 0 Å². The van der Waals surface area contributed by atoms with E-state index >= 15 is 0 Å². The molecule has 0 saturated heterocycles. The summed E-state index contributed by atoms with van der Waals surface area (Å²) >= 11 is 0. The molecule has 0 bridgehead atoms. The maximum atomic E-state index is 13.0. The Bertz CT molecular complexity index is 1200. The minimum atomic E-state index is -3.75. The molecule has 11 heteroatoms. The zero-order valence-electron chi connectivity index (χ0n) is 17.3. The number of hydrogen-bond donors (Lipinski definition) is 3.